The van der Waals surface area contributed by atoms with E-state index in [9.17, 15) is 4.79 Å². The van der Waals surface area contributed by atoms with Crippen LogP contribution in [0.4, 0.5) is 0 Å². The Bertz CT molecular complexity index is 1480. The summed E-state index contributed by atoms with van der Waals surface area (Å²) in [4.78, 5) is 21.5. The normalized spacial score (nSPS) is 11.3. The Morgan fingerprint density at radius 2 is 1.77 bits per heavy atom. The zero-order valence-electron chi connectivity index (χ0n) is 17.5. The standard InChI is InChI=1S/C24H21N5O2/c1-15-7-9-19(10-8-15)29-24-23(17(3)27-29)16(2)12-21(26-24)31-14-18-13-22(30)28-11-5-4-6-20(28)25-18/h4-13H,14H2,1-3H3. The molecule has 7 heteroatoms. The molecule has 0 bridgehead atoms. The van der Waals surface area contributed by atoms with Gasteiger partial charge in [0, 0.05) is 23.7 Å². The third kappa shape index (κ3) is 3.44. The van der Waals surface area contributed by atoms with Crippen LogP contribution in [0.1, 0.15) is 22.5 Å². The van der Waals surface area contributed by atoms with Gasteiger partial charge in [0.1, 0.15) is 12.3 Å². The lowest BCUT2D eigenvalue weighted by molar-refractivity contribution is 0.290. The number of benzene rings is 1. The Hall–Kier alpha value is -4.00. The van der Waals surface area contributed by atoms with Gasteiger partial charge in [0.2, 0.25) is 5.88 Å². The lowest BCUT2D eigenvalue weighted by Crippen LogP contribution is -2.16. The fourth-order valence-electron chi connectivity index (χ4n) is 3.74. The Labute approximate surface area is 178 Å². The second-order valence-corrected chi connectivity index (χ2v) is 7.61. The molecule has 0 N–H and O–H groups in total. The first-order chi connectivity index (χ1) is 15.0. The molecule has 0 saturated carbocycles. The first-order valence-corrected chi connectivity index (χ1v) is 10.0. The molecule has 31 heavy (non-hydrogen) atoms. The summed E-state index contributed by atoms with van der Waals surface area (Å²) in [5.41, 5.74) is 5.81. The number of rotatable bonds is 4. The highest BCUT2D eigenvalue weighted by Crippen LogP contribution is 2.27. The summed E-state index contributed by atoms with van der Waals surface area (Å²) in [6.07, 6.45) is 1.70. The summed E-state index contributed by atoms with van der Waals surface area (Å²) < 4.78 is 9.28. The van der Waals surface area contributed by atoms with Crippen LogP contribution in [0.2, 0.25) is 0 Å². The van der Waals surface area contributed by atoms with Gasteiger partial charge in [0.05, 0.1) is 17.1 Å². The van der Waals surface area contributed by atoms with Crippen LogP contribution in [0.15, 0.2) is 65.6 Å². The molecule has 4 heterocycles. The monoisotopic (exact) mass is 411 g/mol. The molecule has 4 aromatic heterocycles. The topological polar surface area (TPSA) is 74.3 Å². The number of aryl methyl sites for hydroxylation is 3. The van der Waals surface area contributed by atoms with Crippen molar-refractivity contribution in [1.29, 1.82) is 0 Å². The number of hydrogen-bond acceptors (Lipinski definition) is 5. The van der Waals surface area contributed by atoms with E-state index in [4.69, 9.17) is 14.8 Å². The van der Waals surface area contributed by atoms with Crippen molar-refractivity contribution in [3.05, 3.63) is 93.7 Å². The van der Waals surface area contributed by atoms with Gasteiger partial charge in [-0.05, 0) is 50.6 Å². The molecule has 0 atom stereocenters. The number of nitrogens with zero attached hydrogens (tertiary/aromatic N) is 5. The second kappa shape index (κ2) is 7.36. The molecule has 1 aromatic carbocycles. The maximum atomic E-state index is 12.3. The number of hydrogen-bond donors (Lipinski definition) is 0. The summed E-state index contributed by atoms with van der Waals surface area (Å²) in [7, 11) is 0. The predicted octanol–water partition coefficient (Wildman–Crippen LogP) is 3.93. The smallest absolute Gasteiger partial charge is 0.258 e. The van der Waals surface area contributed by atoms with Crippen molar-refractivity contribution in [1.82, 2.24) is 24.1 Å². The van der Waals surface area contributed by atoms with Crippen LogP contribution in [-0.4, -0.2) is 24.1 Å². The van der Waals surface area contributed by atoms with Crippen molar-refractivity contribution in [3.8, 4) is 11.6 Å². The molecule has 0 fully saturated rings. The quantitative estimate of drug-likeness (QED) is 0.448. The van der Waals surface area contributed by atoms with Crippen LogP contribution in [0.25, 0.3) is 22.4 Å². The van der Waals surface area contributed by atoms with Crippen molar-refractivity contribution >= 4 is 16.7 Å². The maximum Gasteiger partial charge on any atom is 0.258 e. The highest BCUT2D eigenvalue weighted by Gasteiger charge is 2.15. The molecule has 154 valence electrons. The van der Waals surface area contributed by atoms with Crippen molar-refractivity contribution < 1.29 is 4.74 Å². The summed E-state index contributed by atoms with van der Waals surface area (Å²) >= 11 is 0. The van der Waals surface area contributed by atoms with Gasteiger partial charge < -0.3 is 4.74 Å². The van der Waals surface area contributed by atoms with E-state index < -0.39 is 0 Å². The van der Waals surface area contributed by atoms with Gasteiger partial charge in [-0.15, -0.1) is 0 Å². The SMILES string of the molecule is Cc1ccc(-n2nc(C)c3c(C)cc(OCc4cc(=O)n5ccccc5n4)nc32)cc1. The third-order valence-electron chi connectivity index (χ3n) is 5.26. The molecule has 0 saturated heterocycles. The fourth-order valence-corrected chi connectivity index (χ4v) is 3.74. The van der Waals surface area contributed by atoms with Gasteiger partial charge in [-0.1, -0.05) is 23.8 Å². The van der Waals surface area contributed by atoms with Gasteiger partial charge in [0.15, 0.2) is 5.65 Å². The number of aromatic nitrogens is 5. The van der Waals surface area contributed by atoms with E-state index in [-0.39, 0.29) is 12.2 Å². The molecule has 0 aliphatic carbocycles. The Balaban J connectivity index is 1.51. The number of ether oxygens (including phenoxy) is 1. The van der Waals surface area contributed by atoms with Crippen LogP contribution in [0.5, 0.6) is 5.88 Å². The molecule has 0 amide bonds. The van der Waals surface area contributed by atoms with Gasteiger partial charge in [-0.3, -0.25) is 9.20 Å². The van der Waals surface area contributed by atoms with Crippen LogP contribution in [0.3, 0.4) is 0 Å². The minimum atomic E-state index is -0.142. The summed E-state index contributed by atoms with van der Waals surface area (Å²) in [6.45, 7) is 6.20. The Morgan fingerprint density at radius 3 is 2.58 bits per heavy atom. The molecule has 0 aliphatic rings. The lowest BCUT2D eigenvalue weighted by atomic mass is 10.1. The van der Waals surface area contributed by atoms with Gasteiger partial charge >= 0.3 is 0 Å². The molecule has 5 aromatic rings. The van der Waals surface area contributed by atoms with Crippen LogP contribution >= 0.6 is 0 Å². The van der Waals surface area contributed by atoms with Gasteiger partial charge in [-0.25, -0.2) is 9.67 Å². The van der Waals surface area contributed by atoms with Crippen molar-refractivity contribution in [3.63, 3.8) is 0 Å². The second-order valence-electron chi connectivity index (χ2n) is 7.61. The minimum absolute atomic E-state index is 0.142. The Morgan fingerprint density at radius 1 is 0.968 bits per heavy atom. The molecule has 0 spiro atoms. The first kappa shape index (κ1) is 19.0. The van der Waals surface area contributed by atoms with E-state index in [1.807, 2.05) is 42.8 Å². The Kier molecular flexibility index (Phi) is 4.51. The lowest BCUT2D eigenvalue weighted by Gasteiger charge is -2.09. The first-order valence-electron chi connectivity index (χ1n) is 10.0. The number of fused-ring (bicyclic) bond motifs is 2. The van der Waals surface area contributed by atoms with E-state index in [1.165, 1.54) is 16.0 Å². The molecule has 0 unspecified atom stereocenters. The van der Waals surface area contributed by atoms with E-state index in [0.29, 0.717) is 17.2 Å². The predicted molar refractivity (Wildman–Crippen MR) is 119 cm³/mol. The van der Waals surface area contributed by atoms with Crippen LogP contribution in [0, 0.1) is 20.8 Å². The zero-order valence-corrected chi connectivity index (χ0v) is 17.5. The molecular formula is C24H21N5O2. The van der Waals surface area contributed by atoms with Crippen LogP contribution < -0.4 is 10.3 Å². The molecule has 5 rings (SSSR count). The maximum absolute atomic E-state index is 12.3. The summed E-state index contributed by atoms with van der Waals surface area (Å²) in [5.74, 6) is 0.466. The van der Waals surface area contributed by atoms with E-state index in [0.717, 1.165) is 28.0 Å². The van der Waals surface area contributed by atoms with E-state index >= 15 is 0 Å². The van der Waals surface area contributed by atoms with Gasteiger partial charge in [-0.2, -0.15) is 10.1 Å². The van der Waals surface area contributed by atoms with Crippen molar-refractivity contribution in [2.24, 2.45) is 0 Å². The van der Waals surface area contributed by atoms with Crippen molar-refractivity contribution in [2.45, 2.75) is 27.4 Å². The average molecular weight is 411 g/mol. The molecule has 0 aliphatic heterocycles. The number of pyridine rings is 2. The molecule has 7 nitrogen and oxygen atoms in total. The average Bonchev–Trinajstić information content (AvgIpc) is 3.10. The summed E-state index contributed by atoms with van der Waals surface area (Å²) in [5, 5.41) is 5.71. The zero-order chi connectivity index (χ0) is 21.5. The van der Waals surface area contributed by atoms with Crippen LogP contribution in [-0.2, 0) is 6.61 Å². The highest BCUT2D eigenvalue weighted by molar-refractivity contribution is 5.84. The summed E-state index contributed by atoms with van der Waals surface area (Å²) in [6, 6.07) is 17.0. The van der Waals surface area contributed by atoms with E-state index in [1.54, 1.807) is 18.3 Å². The third-order valence-corrected chi connectivity index (χ3v) is 5.26. The van der Waals surface area contributed by atoms with Crippen molar-refractivity contribution in [2.75, 3.05) is 0 Å². The van der Waals surface area contributed by atoms with Gasteiger partial charge in [0.25, 0.3) is 5.56 Å². The fraction of sp³-hybridized carbons (Fsp3) is 0.167. The molecular weight excluding hydrogens is 390 g/mol. The molecule has 0 radical (unpaired) electrons. The van der Waals surface area contributed by atoms with E-state index in [2.05, 4.69) is 24.0 Å². The minimum Gasteiger partial charge on any atom is -0.471 e. The largest absolute Gasteiger partial charge is 0.471 e. The highest BCUT2D eigenvalue weighted by atomic mass is 16.5.